The molecule has 0 aliphatic heterocycles. The van der Waals surface area contributed by atoms with Crippen LogP contribution in [0.4, 0.5) is 0 Å². The maximum atomic E-state index is 5.63. The third-order valence-electron chi connectivity index (χ3n) is 2.60. The van der Waals surface area contributed by atoms with E-state index in [1.165, 1.54) is 25.4 Å². The molecule has 2 aromatic heterocycles. The summed E-state index contributed by atoms with van der Waals surface area (Å²) in [6.07, 6.45) is 0. The minimum absolute atomic E-state index is 0.630. The number of nitrogens with two attached hydrogens (primary N) is 1. The van der Waals surface area contributed by atoms with Crippen molar-refractivity contribution in [3.8, 4) is 10.4 Å². The molecule has 16 heavy (non-hydrogen) atoms. The summed E-state index contributed by atoms with van der Waals surface area (Å²) in [5.41, 5.74) is 6.91. The second-order valence-electron chi connectivity index (χ2n) is 3.64. The third kappa shape index (κ3) is 1.67. The average Bonchev–Trinajstić information content (AvgIpc) is 2.96. The smallest absolute Gasteiger partial charge is 0.0346 e. The van der Waals surface area contributed by atoms with Crippen LogP contribution in [-0.4, -0.2) is 0 Å². The van der Waals surface area contributed by atoms with Gasteiger partial charge in [0.05, 0.1) is 0 Å². The van der Waals surface area contributed by atoms with Crippen molar-refractivity contribution in [2.24, 2.45) is 5.73 Å². The van der Waals surface area contributed by atoms with Gasteiger partial charge in [0.2, 0.25) is 0 Å². The summed E-state index contributed by atoms with van der Waals surface area (Å²) in [5, 5.41) is 3.46. The van der Waals surface area contributed by atoms with Crippen LogP contribution in [0, 0.1) is 0 Å². The molecule has 0 aliphatic carbocycles. The SMILES string of the molecule is NCc1ccc(-c2ccc3sccc3c2)s1. The summed E-state index contributed by atoms with van der Waals surface area (Å²) >= 11 is 3.56. The van der Waals surface area contributed by atoms with E-state index in [-0.39, 0.29) is 0 Å². The van der Waals surface area contributed by atoms with Gasteiger partial charge in [-0.2, -0.15) is 0 Å². The number of fused-ring (bicyclic) bond motifs is 1. The lowest BCUT2D eigenvalue weighted by Crippen LogP contribution is -1.90. The van der Waals surface area contributed by atoms with Crippen molar-refractivity contribution < 1.29 is 0 Å². The van der Waals surface area contributed by atoms with Crippen molar-refractivity contribution >= 4 is 32.8 Å². The van der Waals surface area contributed by atoms with Gasteiger partial charge in [-0.05, 0) is 46.7 Å². The first kappa shape index (κ1) is 10.0. The zero-order valence-corrected chi connectivity index (χ0v) is 10.3. The van der Waals surface area contributed by atoms with Gasteiger partial charge in [0, 0.05) is 21.0 Å². The monoisotopic (exact) mass is 245 g/mol. The van der Waals surface area contributed by atoms with E-state index in [0.717, 1.165) is 0 Å². The molecular formula is C13H11NS2. The summed E-state index contributed by atoms with van der Waals surface area (Å²) in [6.45, 7) is 0.630. The average molecular weight is 245 g/mol. The molecule has 2 heterocycles. The minimum atomic E-state index is 0.630. The van der Waals surface area contributed by atoms with Crippen molar-refractivity contribution in [1.29, 1.82) is 0 Å². The predicted molar refractivity (Wildman–Crippen MR) is 73.0 cm³/mol. The Kier molecular flexibility index (Phi) is 2.52. The molecule has 0 spiro atoms. The topological polar surface area (TPSA) is 26.0 Å². The Morgan fingerprint density at radius 2 is 2.00 bits per heavy atom. The number of benzene rings is 1. The molecular weight excluding hydrogens is 234 g/mol. The zero-order chi connectivity index (χ0) is 11.0. The number of hydrogen-bond acceptors (Lipinski definition) is 3. The number of rotatable bonds is 2. The van der Waals surface area contributed by atoms with E-state index in [2.05, 4.69) is 41.8 Å². The minimum Gasteiger partial charge on any atom is -0.326 e. The predicted octanol–water partition coefficient (Wildman–Crippen LogP) is 4.09. The van der Waals surface area contributed by atoms with Crippen LogP contribution >= 0.6 is 22.7 Å². The molecule has 0 saturated carbocycles. The van der Waals surface area contributed by atoms with Crippen molar-refractivity contribution in [3.05, 3.63) is 46.7 Å². The maximum Gasteiger partial charge on any atom is 0.0346 e. The van der Waals surface area contributed by atoms with E-state index in [1.807, 2.05) is 0 Å². The first-order chi connectivity index (χ1) is 7.86. The number of thiophene rings is 2. The van der Waals surface area contributed by atoms with E-state index < -0.39 is 0 Å². The van der Waals surface area contributed by atoms with E-state index in [9.17, 15) is 0 Å². The lowest BCUT2D eigenvalue weighted by Gasteiger charge is -1.97. The van der Waals surface area contributed by atoms with E-state index >= 15 is 0 Å². The van der Waals surface area contributed by atoms with Crippen LogP contribution in [0.25, 0.3) is 20.5 Å². The highest BCUT2D eigenvalue weighted by Gasteiger charge is 2.03. The molecule has 0 bridgehead atoms. The quantitative estimate of drug-likeness (QED) is 0.723. The van der Waals surface area contributed by atoms with E-state index in [1.54, 1.807) is 22.7 Å². The molecule has 0 radical (unpaired) electrons. The normalized spacial score (nSPS) is 11.1. The van der Waals surface area contributed by atoms with Crippen molar-refractivity contribution in [3.63, 3.8) is 0 Å². The first-order valence-corrected chi connectivity index (χ1v) is 6.83. The molecule has 0 fully saturated rings. The summed E-state index contributed by atoms with van der Waals surface area (Å²) in [6, 6.07) is 13.1. The van der Waals surface area contributed by atoms with Crippen LogP contribution in [0.5, 0.6) is 0 Å². The van der Waals surface area contributed by atoms with Gasteiger partial charge in [-0.25, -0.2) is 0 Å². The van der Waals surface area contributed by atoms with Crippen LogP contribution < -0.4 is 5.73 Å². The van der Waals surface area contributed by atoms with Crippen LogP contribution in [0.3, 0.4) is 0 Å². The largest absolute Gasteiger partial charge is 0.326 e. The van der Waals surface area contributed by atoms with Crippen molar-refractivity contribution in [2.45, 2.75) is 6.54 Å². The molecule has 0 amide bonds. The van der Waals surface area contributed by atoms with Gasteiger partial charge < -0.3 is 5.73 Å². The lowest BCUT2D eigenvalue weighted by molar-refractivity contribution is 1.11. The Bertz CT molecular complexity index is 621. The van der Waals surface area contributed by atoms with Gasteiger partial charge in [0.15, 0.2) is 0 Å². The van der Waals surface area contributed by atoms with Gasteiger partial charge >= 0.3 is 0 Å². The summed E-state index contributed by atoms with van der Waals surface area (Å²) in [7, 11) is 0. The van der Waals surface area contributed by atoms with Crippen molar-refractivity contribution in [1.82, 2.24) is 0 Å². The fraction of sp³-hybridized carbons (Fsp3) is 0.0769. The van der Waals surface area contributed by atoms with E-state index in [4.69, 9.17) is 5.73 Å². The number of hydrogen-bond donors (Lipinski definition) is 1. The fourth-order valence-corrected chi connectivity index (χ4v) is 3.42. The Hall–Kier alpha value is -1.16. The zero-order valence-electron chi connectivity index (χ0n) is 8.64. The highest BCUT2D eigenvalue weighted by molar-refractivity contribution is 7.17. The molecule has 2 N–H and O–H groups in total. The molecule has 3 rings (SSSR count). The molecule has 0 unspecified atom stereocenters. The molecule has 80 valence electrons. The van der Waals surface area contributed by atoms with Crippen LogP contribution in [-0.2, 0) is 6.54 Å². The highest BCUT2D eigenvalue weighted by Crippen LogP contribution is 2.31. The van der Waals surface area contributed by atoms with Crippen LogP contribution in [0.15, 0.2) is 41.8 Å². The Labute approximate surface area is 102 Å². The molecule has 0 atom stereocenters. The fourth-order valence-electron chi connectivity index (χ4n) is 1.76. The van der Waals surface area contributed by atoms with Crippen LogP contribution in [0.1, 0.15) is 4.88 Å². The summed E-state index contributed by atoms with van der Waals surface area (Å²) in [4.78, 5) is 2.54. The molecule has 0 aliphatic rings. The van der Waals surface area contributed by atoms with Gasteiger partial charge in [-0.1, -0.05) is 6.07 Å². The molecule has 1 aromatic carbocycles. The molecule has 3 heteroatoms. The standard InChI is InChI=1S/C13H11NS2/c14-8-11-2-4-13(16-11)9-1-3-12-10(7-9)5-6-15-12/h1-7H,8,14H2. The molecule has 1 nitrogen and oxygen atoms in total. The Balaban J connectivity index is 2.10. The maximum absolute atomic E-state index is 5.63. The highest BCUT2D eigenvalue weighted by atomic mass is 32.1. The van der Waals surface area contributed by atoms with E-state index in [0.29, 0.717) is 6.54 Å². The molecule has 0 saturated heterocycles. The Morgan fingerprint density at radius 1 is 1.06 bits per heavy atom. The second-order valence-corrected chi connectivity index (χ2v) is 5.76. The van der Waals surface area contributed by atoms with Gasteiger partial charge in [0.1, 0.15) is 0 Å². The second kappa shape index (κ2) is 4.01. The summed E-state index contributed by atoms with van der Waals surface area (Å²) < 4.78 is 1.35. The van der Waals surface area contributed by atoms with Crippen LogP contribution in [0.2, 0.25) is 0 Å². The molecule has 3 aromatic rings. The van der Waals surface area contributed by atoms with Crippen molar-refractivity contribution in [2.75, 3.05) is 0 Å². The lowest BCUT2D eigenvalue weighted by atomic mass is 10.1. The summed E-state index contributed by atoms with van der Waals surface area (Å²) in [5.74, 6) is 0. The first-order valence-electron chi connectivity index (χ1n) is 5.13. The van der Waals surface area contributed by atoms with Gasteiger partial charge in [0.25, 0.3) is 0 Å². The van der Waals surface area contributed by atoms with Gasteiger partial charge in [-0.3, -0.25) is 0 Å². The van der Waals surface area contributed by atoms with Gasteiger partial charge in [-0.15, -0.1) is 22.7 Å². The Morgan fingerprint density at radius 3 is 2.81 bits per heavy atom. The third-order valence-corrected chi connectivity index (χ3v) is 4.65.